The first-order chi connectivity index (χ1) is 10.8. The van der Waals surface area contributed by atoms with Gasteiger partial charge in [-0.25, -0.2) is 8.42 Å². The summed E-state index contributed by atoms with van der Waals surface area (Å²) in [6.07, 6.45) is 0. The normalized spacial score (nSPS) is 16.2. The van der Waals surface area contributed by atoms with Gasteiger partial charge in [-0.2, -0.15) is 0 Å². The van der Waals surface area contributed by atoms with E-state index >= 15 is 0 Å². The van der Waals surface area contributed by atoms with Gasteiger partial charge in [0.05, 0.1) is 4.90 Å². The summed E-state index contributed by atoms with van der Waals surface area (Å²) >= 11 is 3.27. The van der Waals surface area contributed by atoms with Crippen molar-refractivity contribution in [3.8, 4) is 0 Å². The molecule has 1 N–H and O–H groups in total. The molecule has 2 aromatic carbocycles. The zero-order valence-corrected chi connectivity index (χ0v) is 14.4. The molecule has 5 nitrogen and oxygen atoms in total. The monoisotopic (exact) mass is 393 g/mol. The van der Waals surface area contributed by atoms with Crippen LogP contribution in [0, 0.1) is 0 Å². The molecule has 1 aliphatic heterocycles. The van der Waals surface area contributed by atoms with Crippen molar-refractivity contribution in [2.24, 2.45) is 0 Å². The second-order valence-electron chi connectivity index (χ2n) is 5.01. The fourth-order valence-corrected chi connectivity index (χ4v) is 4.25. The molecule has 118 valence electrons. The summed E-state index contributed by atoms with van der Waals surface area (Å²) in [4.78, 5) is 12.7. The maximum Gasteiger partial charge on any atom is 0.265 e. The van der Waals surface area contributed by atoms with E-state index in [0.29, 0.717) is 4.47 Å². The highest BCUT2D eigenvalue weighted by atomic mass is 79.9. The van der Waals surface area contributed by atoms with E-state index in [-0.39, 0.29) is 27.5 Å². The summed E-state index contributed by atoms with van der Waals surface area (Å²) in [5, 5.41) is 10.5. The predicted octanol–water partition coefficient (Wildman–Crippen LogP) is 3.19. The molecule has 3 rings (SSSR count). The first-order valence-electron chi connectivity index (χ1n) is 6.66. The average Bonchev–Trinajstić information content (AvgIpc) is 2.53. The SMILES string of the molecule is CN1C(C(=O)c2cccc(Br)c2)=C(O)c2ccccc2S1(=O)=O. The number of fused-ring (bicyclic) bond motifs is 1. The van der Waals surface area contributed by atoms with Gasteiger partial charge >= 0.3 is 0 Å². The summed E-state index contributed by atoms with van der Waals surface area (Å²) in [5.41, 5.74) is 0.146. The molecule has 0 spiro atoms. The summed E-state index contributed by atoms with van der Waals surface area (Å²) in [6, 6.07) is 12.6. The standard InChI is InChI=1S/C16H12BrNO4S/c1-18-14(15(19)10-5-4-6-11(17)9-10)16(20)12-7-2-3-8-13(12)23(18,21)22/h2-9,20H,1H3. The number of carbonyl (C=O) groups excluding carboxylic acids is 1. The lowest BCUT2D eigenvalue weighted by atomic mass is 10.0. The number of ketones is 1. The fourth-order valence-electron chi connectivity index (χ4n) is 2.45. The van der Waals surface area contributed by atoms with E-state index in [1.807, 2.05) is 0 Å². The van der Waals surface area contributed by atoms with Crippen molar-refractivity contribution < 1.29 is 18.3 Å². The van der Waals surface area contributed by atoms with Gasteiger partial charge in [0.25, 0.3) is 10.0 Å². The predicted molar refractivity (Wildman–Crippen MR) is 89.4 cm³/mol. The van der Waals surface area contributed by atoms with Crippen LogP contribution in [0.3, 0.4) is 0 Å². The van der Waals surface area contributed by atoms with Crippen molar-refractivity contribution in [2.75, 3.05) is 7.05 Å². The van der Waals surface area contributed by atoms with Gasteiger partial charge in [-0.3, -0.25) is 9.10 Å². The molecule has 0 atom stereocenters. The summed E-state index contributed by atoms with van der Waals surface area (Å²) in [7, 11) is -2.63. The minimum Gasteiger partial charge on any atom is -0.505 e. The van der Waals surface area contributed by atoms with Gasteiger partial charge in [-0.1, -0.05) is 40.2 Å². The zero-order chi connectivity index (χ0) is 16.8. The molecule has 0 saturated heterocycles. The quantitative estimate of drug-likeness (QED) is 0.794. The summed E-state index contributed by atoms with van der Waals surface area (Å²) < 4.78 is 26.7. The van der Waals surface area contributed by atoms with E-state index in [4.69, 9.17) is 0 Å². The number of likely N-dealkylation sites (N-methyl/N-ethyl adjacent to an activating group) is 1. The van der Waals surface area contributed by atoms with Crippen molar-refractivity contribution in [3.05, 3.63) is 69.8 Å². The number of benzene rings is 2. The number of nitrogens with zero attached hydrogens (tertiary/aromatic N) is 1. The molecule has 1 heterocycles. The Kier molecular flexibility index (Phi) is 3.77. The Morgan fingerprint density at radius 3 is 2.52 bits per heavy atom. The minimum atomic E-state index is -3.88. The molecule has 0 fully saturated rings. The van der Waals surface area contributed by atoms with Crippen molar-refractivity contribution in [1.82, 2.24) is 4.31 Å². The van der Waals surface area contributed by atoms with Gasteiger partial charge in [0.2, 0.25) is 5.78 Å². The number of hydrogen-bond acceptors (Lipinski definition) is 4. The molecule has 23 heavy (non-hydrogen) atoms. The molecule has 0 unspecified atom stereocenters. The number of rotatable bonds is 2. The molecule has 7 heteroatoms. The van der Waals surface area contributed by atoms with Crippen LogP contribution < -0.4 is 0 Å². The topological polar surface area (TPSA) is 74.7 Å². The number of carbonyl (C=O) groups is 1. The first kappa shape index (κ1) is 15.8. The third-order valence-corrected chi connectivity index (χ3v) is 5.93. The molecule has 0 amide bonds. The van der Waals surface area contributed by atoms with Crippen molar-refractivity contribution >= 4 is 37.5 Å². The fraction of sp³-hybridized carbons (Fsp3) is 0.0625. The maximum absolute atomic E-state index is 12.7. The lowest BCUT2D eigenvalue weighted by Crippen LogP contribution is -2.35. The number of hydrogen-bond donors (Lipinski definition) is 1. The second-order valence-corrected chi connectivity index (χ2v) is 7.86. The molecular weight excluding hydrogens is 382 g/mol. The largest absolute Gasteiger partial charge is 0.505 e. The number of aliphatic hydroxyl groups is 1. The Labute approximate surface area is 142 Å². The van der Waals surface area contributed by atoms with Crippen LogP contribution in [0.2, 0.25) is 0 Å². The smallest absolute Gasteiger partial charge is 0.265 e. The Hall–Kier alpha value is -2.12. The number of allylic oxidation sites excluding steroid dienone is 1. The molecule has 2 aromatic rings. The third kappa shape index (κ3) is 2.46. The number of halogens is 1. The van der Waals surface area contributed by atoms with E-state index in [9.17, 15) is 18.3 Å². The van der Waals surface area contributed by atoms with Crippen molar-refractivity contribution in [1.29, 1.82) is 0 Å². The molecule has 1 aliphatic rings. The Bertz CT molecular complexity index is 950. The maximum atomic E-state index is 12.7. The molecule has 0 saturated carbocycles. The molecule has 0 bridgehead atoms. The van der Waals surface area contributed by atoms with E-state index in [0.717, 1.165) is 4.31 Å². The first-order valence-corrected chi connectivity index (χ1v) is 8.89. The molecule has 0 aliphatic carbocycles. The highest BCUT2D eigenvalue weighted by Crippen LogP contribution is 2.35. The van der Waals surface area contributed by atoms with Crippen LogP contribution in [0.1, 0.15) is 15.9 Å². The van der Waals surface area contributed by atoms with Crippen LogP contribution in [0.25, 0.3) is 5.76 Å². The van der Waals surface area contributed by atoms with Crippen LogP contribution in [-0.4, -0.2) is 30.7 Å². The highest BCUT2D eigenvalue weighted by Gasteiger charge is 2.37. The third-order valence-electron chi connectivity index (χ3n) is 3.62. The van der Waals surface area contributed by atoms with Crippen molar-refractivity contribution in [3.63, 3.8) is 0 Å². The van der Waals surface area contributed by atoms with Gasteiger partial charge in [0, 0.05) is 22.6 Å². The van der Waals surface area contributed by atoms with Crippen LogP contribution in [0.15, 0.2) is 63.6 Å². The van der Waals surface area contributed by atoms with E-state index in [1.165, 1.54) is 19.2 Å². The molecular formula is C16H12BrNO4S. The highest BCUT2D eigenvalue weighted by molar-refractivity contribution is 9.10. The lowest BCUT2D eigenvalue weighted by molar-refractivity contribution is 0.101. The average molecular weight is 394 g/mol. The second kappa shape index (κ2) is 5.50. The van der Waals surface area contributed by atoms with Crippen LogP contribution in [0.5, 0.6) is 0 Å². The number of Topliss-reactive ketones (excluding diaryl/α,β-unsaturated/α-hetero) is 1. The van der Waals surface area contributed by atoms with Crippen LogP contribution in [-0.2, 0) is 10.0 Å². The number of aliphatic hydroxyl groups excluding tert-OH is 1. The van der Waals surface area contributed by atoms with E-state index in [2.05, 4.69) is 15.9 Å². The van der Waals surface area contributed by atoms with Crippen LogP contribution in [0.4, 0.5) is 0 Å². The molecule has 0 radical (unpaired) electrons. The van der Waals surface area contributed by atoms with Gasteiger partial charge in [-0.05, 0) is 24.3 Å². The summed E-state index contributed by atoms with van der Waals surface area (Å²) in [5.74, 6) is -0.910. The van der Waals surface area contributed by atoms with Gasteiger partial charge in [0.15, 0.2) is 5.76 Å². The Balaban J connectivity index is 2.24. The lowest BCUT2D eigenvalue weighted by Gasteiger charge is -2.28. The van der Waals surface area contributed by atoms with E-state index < -0.39 is 15.8 Å². The minimum absolute atomic E-state index is 0.0224. The Morgan fingerprint density at radius 2 is 1.83 bits per heavy atom. The number of sulfonamides is 1. The molecule has 0 aromatic heterocycles. The van der Waals surface area contributed by atoms with Gasteiger partial charge in [0.1, 0.15) is 5.70 Å². The zero-order valence-electron chi connectivity index (χ0n) is 12.0. The van der Waals surface area contributed by atoms with E-state index in [1.54, 1.807) is 36.4 Å². The van der Waals surface area contributed by atoms with Gasteiger partial charge < -0.3 is 5.11 Å². The summed E-state index contributed by atoms with van der Waals surface area (Å²) in [6.45, 7) is 0. The van der Waals surface area contributed by atoms with Crippen LogP contribution >= 0.6 is 15.9 Å². The van der Waals surface area contributed by atoms with Crippen molar-refractivity contribution in [2.45, 2.75) is 4.90 Å². The van der Waals surface area contributed by atoms with Gasteiger partial charge in [-0.15, -0.1) is 0 Å². The Morgan fingerprint density at radius 1 is 1.13 bits per heavy atom.